The number of aryl methyl sites for hydroxylation is 1. The molecule has 0 unspecified atom stereocenters. The molecule has 0 atom stereocenters. The van der Waals surface area contributed by atoms with Crippen molar-refractivity contribution in [2.75, 3.05) is 39.3 Å². The van der Waals surface area contributed by atoms with Crippen molar-refractivity contribution < 1.29 is 9.53 Å². The molecule has 3 aliphatic heterocycles. The lowest BCUT2D eigenvalue weighted by atomic mass is 9.84. The zero-order chi connectivity index (χ0) is 21.8. The summed E-state index contributed by atoms with van der Waals surface area (Å²) in [6.45, 7) is 6.43. The molecule has 1 aromatic heterocycles. The number of aromatic amines is 1. The third kappa shape index (κ3) is 5.04. The van der Waals surface area contributed by atoms with Crippen molar-refractivity contribution in [2.24, 2.45) is 5.92 Å². The summed E-state index contributed by atoms with van der Waals surface area (Å²) in [7, 11) is 0. The number of amides is 1. The molecule has 2 aromatic rings. The number of fused-ring (bicyclic) bond motifs is 1. The second kappa shape index (κ2) is 9.96. The lowest BCUT2D eigenvalue weighted by molar-refractivity contribution is -0.133. The number of nitrogens with one attached hydrogen (secondary N) is 1. The van der Waals surface area contributed by atoms with Crippen LogP contribution in [0.25, 0.3) is 10.9 Å². The Kier molecular flexibility index (Phi) is 6.84. The highest BCUT2D eigenvalue weighted by Crippen LogP contribution is 2.35. The molecule has 5 heteroatoms. The van der Waals surface area contributed by atoms with E-state index in [1.54, 1.807) is 0 Å². The number of likely N-dealkylation sites (tertiary alicyclic amines) is 2. The molecule has 5 rings (SSSR count). The van der Waals surface area contributed by atoms with Gasteiger partial charge < -0.3 is 19.5 Å². The van der Waals surface area contributed by atoms with Crippen molar-refractivity contribution in [3.63, 3.8) is 0 Å². The van der Waals surface area contributed by atoms with Gasteiger partial charge in [0, 0.05) is 62.9 Å². The summed E-state index contributed by atoms with van der Waals surface area (Å²) in [6.07, 6.45) is 13.2. The maximum atomic E-state index is 12.8. The summed E-state index contributed by atoms with van der Waals surface area (Å²) < 4.78 is 6.19. The first-order chi connectivity index (χ1) is 15.7. The van der Waals surface area contributed by atoms with Crippen molar-refractivity contribution in [3.05, 3.63) is 36.0 Å². The average molecular weight is 438 g/mol. The maximum absolute atomic E-state index is 12.8. The van der Waals surface area contributed by atoms with Crippen LogP contribution in [0.2, 0.25) is 0 Å². The number of nitrogens with zero attached hydrogens (tertiary/aromatic N) is 2. The number of piperidine rings is 2. The number of hydrogen-bond acceptors (Lipinski definition) is 3. The molecule has 1 aromatic carbocycles. The second-order valence-electron chi connectivity index (χ2n) is 10.3. The molecule has 0 aliphatic carbocycles. The van der Waals surface area contributed by atoms with Crippen molar-refractivity contribution >= 4 is 16.8 Å². The lowest BCUT2D eigenvalue weighted by Gasteiger charge is -2.45. The van der Waals surface area contributed by atoms with Gasteiger partial charge in [0.1, 0.15) is 0 Å². The minimum absolute atomic E-state index is 0.206. The summed E-state index contributed by atoms with van der Waals surface area (Å²) in [5.74, 6) is 1.09. The highest BCUT2D eigenvalue weighted by molar-refractivity contribution is 5.83. The summed E-state index contributed by atoms with van der Waals surface area (Å²) in [5, 5.41) is 1.29. The van der Waals surface area contributed by atoms with Crippen LogP contribution < -0.4 is 0 Å². The third-order valence-electron chi connectivity index (χ3n) is 8.20. The third-order valence-corrected chi connectivity index (χ3v) is 8.20. The quantitative estimate of drug-likeness (QED) is 0.709. The minimum Gasteiger partial charge on any atom is -0.375 e. The molecule has 1 spiro atoms. The Morgan fingerprint density at radius 1 is 1.06 bits per heavy atom. The number of carbonyl (C=O) groups is 1. The van der Waals surface area contributed by atoms with E-state index < -0.39 is 0 Å². The molecule has 3 fully saturated rings. The van der Waals surface area contributed by atoms with Gasteiger partial charge in [-0.25, -0.2) is 0 Å². The fourth-order valence-corrected chi connectivity index (χ4v) is 6.10. The minimum atomic E-state index is 0.206. The predicted octanol–water partition coefficient (Wildman–Crippen LogP) is 4.76. The van der Waals surface area contributed by atoms with E-state index in [-0.39, 0.29) is 5.60 Å². The molecule has 0 radical (unpaired) electrons. The summed E-state index contributed by atoms with van der Waals surface area (Å²) >= 11 is 0. The fourth-order valence-electron chi connectivity index (χ4n) is 6.10. The van der Waals surface area contributed by atoms with Crippen LogP contribution in [-0.2, 0) is 16.0 Å². The first kappa shape index (κ1) is 22.0. The van der Waals surface area contributed by atoms with Gasteiger partial charge in [0.2, 0.25) is 5.91 Å². The Labute approximate surface area is 192 Å². The van der Waals surface area contributed by atoms with Gasteiger partial charge in [-0.05, 0) is 75.3 Å². The number of carbonyl (C=O) groups excluding carboxylic acids is 1. The van der Waals surface area contributed by atoms with E-state index in [1.165, 1.54) is 68.2 Å². The molecule has 3 saturated heterocycles. The number of hydrogen-bond donors (Lipinski definition) is 1. The molecule has 1 N–H and O–H groups in total. The van der Waals surface area contributed by atoms with Gasteiger partial charge in [0.05, 0.1) is 5.60 Å². The Balaban J connectivity index is 1.01. The summed E-state index contributed by atoms with van der Waals surface area (Å²) in [5.41, 5.74) is 2.72. The number of para-hydroxylation sites is 1. The fraction of sp³-hybridized carbons (Fsp3) is 0.667. The van der Waals surface area contributed by atoms with Crippen LogP contribution in [0.5, 0.6) is 0 Å². The molecular formula is C27H39N3O2. The van der Waals surface area contributed by atoms with E-state index >= 15 is 0 Å². The summed E-state index contributed by atoms with van der Waals surface area (Å²) in [4.78, 5) is 20.9. The SMILES string of the molecule is O=C(CCCc1c[nH]c2ccccc12)N1CCC(CN2CCC3(CCCCO3)CC2)CC1. The molecule has 1 amide bonds. The first-order valence-electron chi connectivity index (χ1n) is 12.9. The lowest BCUT2D eigenvalue weighted by Crippen LogP contribution is -2.49. The monoisotopic (exact) mass is 437 g/mol. The van der Waals surface area contributed by atoms with Crippen LogP contribution in [0.1, 0.15) is 63.4 Å². The highest BCUT2D eigenvalue weighted by Gasteiger charge is 2.37. The smallest absolute Gasteiger partial charge is 0.222 e. The van der Waals surface area contributed by atoms with Crippen LogP contribution in [0.4, 0.5) is 0 Å². The van der Waals surface area contributed by atoms with Gasteiger partial charge in [-0.2, -0.15) is 0 Å². The molecule has 5 nitrogen and oxygen atoms in total. The topological polar surface area (TPSA) is 48.6 Å². The van der Waals surface area contributed by atoms with Crippen LogP contribution in [0.3, 0.4) is 0 Å². The zero-order valence-corrected chi connectivity index (χ0v) is 19.5. The van der Waals surface area contributed by atoms with Crippen LogP contribution in [-0.4, -0.2) is 65.6 Å². The maximum Gasteiger partial charge on any atom is 0.222 e. The highest BCUT2D eigenvalue weighted by atomic mass is 16.5. The zero-order valence-electron chi connectivity index (χ0n) is 19.5. The Hall–Kier alpha value is -1.85. The van der Waals surface area contributed by atoms with E-state index in [2.05, 4.69) is 45.2 Å². The normalized spacial score (nSPS) is 22.6. The molecule has 0 bridgehead atoms. The van der Waals surface area contributed by atoms with E-state index in [9.17, 15) is 4.79 Å². The van der Waals surface area contributed by atoms with Gasteiger partial charge in [-0.15, -0.1) is 0 Å². The van der Waals surface area contributed by atoms with Crippen LogP contribution in [0.15, 0.2) is 30.5 Å². The molecule has 3 aliphatic rings. The Morgan fingerprint density at radius 3 is 2.66 bits per heavy atom. The first-order valence-corrected chi connectivity index (χ1v) is 12.9. The van der Waals surface area contributed by atoms with Crippen molar-refractivity contribution in [1.29, 1.82) is 0 Å². The number of rotatable bonds is 6. The molecule has 174 valence electrons. The van der Waals surface area contributed by atoms with E-state index in [4.69, 9.17) is 4.74 Å². The molecular weight excluding hydrogens is 398 g/mol. The molecule has 32 heavy (non-hydrogen) atoms. The predicted molar refractivity (Wildman–Crippen MR) is 129 cm³/mol. The number of benzene rings is 1. The van der Waals surface area contributed by atoms with E-state index in [0.29, 0.717) is 12.3 Å². The van der Waals surface area contributed by atoms with Gasteiger partial charge in [-0.1, -0.05) is 18.2 Å². The average Bonchev–Trinajstić information content (AvgIpc) is 3.25. The van der Waals surface area contributed by atoms with Crippen molar-refractivity contribution in [3.8, 4) is 0 Å². The largest absolute Gasteiger partial charge is 0.375 e. The second-order valence-corrected chi connectivity index (χ2v) is 10.3. The molecule has 0 saturated carbocycles. The van der Waals surface area contributed by atoms with Crippen LogP contribution >= 0.6 is 0 Å². The standard InChI is InChI=1S/C27H39N3O2/c31-26(9-5-6-23-20-28-25-8-2-1-7-24(23)25)30-15-10-22(11-16-30)21-29-17-13-27(14-18-29)12-3-4-19-32-27/h1-2,7-8,20,22,28H,3-6,9-19,21H2. The van der Waals surface area contributed by atoms with Gasteiger partial charge >= 0.3 is 0 Å². The Morgan fingerprint density at radius 2 is 1.88 bits per heavy atom. The Bertz CT molecular complexity index is 883. The van der Waals surface area contributed by atoms with E-state index in [0.717, 1.165) is 51.3 Å². The summed E-state index contributed by atoms with van der Waals surface area (Å²) in [6, 6.07) is 8.42. The van der Waals surface area contributed by atoms with Crippen molar-refractivity contribution in [1.82, 2.24) is 14.8 Å². The van der Waals surface area contributed by atoms with Gasteiger partial charge in [-0.3, -0.25) is 4.79 Å². The number of aromatic nitrogens is 1. The number of H-pyrrole nitrogens is 1. The van der Waals surface area contributed by atoms with Crippen molar-refractivity contribution in [2.45, 2.75) is 69.8 Å². The van der Waals surface area contributed by atoms with E-state index in [1.807, 2.05) is 0 Å². The molecule has 4 heterocycles. The van der Waals surface area contributed by atoms with Gasteiger partial charge in [0.25, 0.3) is 0 Å². The number of ether oxygens (including phenoxy) is 1. The van der Waals surface area contributed by atoms with Crippen LogP contribution in [0, 0.1) is 5.92 Å². The van der Waals surface area contributed by atoms with Gasteiger partial charge in [0.15, 0.2) is 0 Å².